The first-order valence-corrected chi connectivity index (χ1v) is 7.60. The number of hydrogen-bond donors (Lipinski definition) is 1. The molecule has 20 heavy (non-hydrogen) atoms. The normalized spacial score (nSPS) is 14.5. The van der Waals surface area contributed by atoms with Gasteiger partial charge >= 0.3 is 0 Å². The zero-order valence-corrected chi connectivity index (χ0v) is 13.7. The van der Waals surface area contributed by atoms with Crippen molar-refractivity contribution in [1.29, 1.82) is 0 Å². The predicted molar refractivity (Wildman–Crippen MR) is 84.7 cm³/mol. The Morgan fingerprint density at radius 1 is 1.35 bits per heavy atom. The third-order valence-corrected chi connectivity index (χ3v) is 3.63. The maximum absolute atomic E-state index is 6.19. The highest BCUT2D eigenvalue weighted by molar-refractivity contribution is 6.30. The molecule has 0 saturated carbocycles. The molecule has 0 bridgehead atoms. The van der Waals surface area contributed by atoms with Crippen LogP contribution < -0.4 is 10.1 Å². The van der Waals surface area contributed by atoms with Gasteiger partial charge < -0.3 is 15.0 Å². The molecule has 0 atom stereocenters. The lowest BCUT2D eigenvalue weighted by atomic mass is 10.1. The number of likely N-dealkylation sites (N-methyl/N-ethyl adjacent to an activating group) is 1. The summed E-state index contributed by atoms with van der Waals surface area (Å²) in [6.07, 6.45) is 0.970. The summed E-state index contributed by atoms with van der Waals surface area (Å²) in [7, 11) is 2.13. The molecule has 1 aromatic rings. The molecule has 1 aromatic carbocycles. The molecule has 0 saturated heterocycles. The van der Waals surface area contributed by atoms with Crippen molar-refractivity contribution in [3.05, 3.63) is 28.3 Å². The fourth-order valence-electron chi connectivity index (χ4n) is 2.46. The Bertz CT molecular complexity index is 468. The number of benzene rings is 1. The molecule has 112 valence electrons. The summed E-state index contributed by atoms with van der Waals surface area (Å²) in [5.41, 5.74) is 2.61. The van der Waals surface area contributed by atoms with Crippen LogP contribution in [0.15, 0.2) is 12.1 Å². The summed E-state index contributed by atoms with van der Waals surface area (Å²) in [6, 6.07) is 4.05. The van der Waals surface area contributed by atoms with Crippen LogP contribution >= 0.6 is 11.6 Å². The lowest BCUT2D eigenvalue weighted by molar-refractivity contribution is 0.294. The van der Waals surface area contributed by atoms with Gasteiger partial charge in [0.05, 0.1) is 6.61 Å². The Hall–Kier alpha value is -0.770. The highest BCUT2D eigenvalue weighted by Gasteiger charge is 2.18. The van der Waals surface area contributed by atoms with Crippen molar-refractivity contribution in [3.8, 4) is 5.75 Å². The van der Waals surface area contributed by atoms with Crippen LogP contribution in [0.25, 0.3) is 0 Å². The Morgan fingerprint density at radius 2 is 2.10 bits per heavy atom. The summed E-state index contributed by atoms with van der Waals surface area (Å²) in [5, 5.41) is 4.31. The maximum Gasteiger partial charge on any atom is 0.127 e. The van der Waals surface area contributed by atoms with E-state index < -0.39 is 0 Å². The topological polar surface area (TPSA) is 24.5 Å². The molecule has 1 heterocycles. The van der Waals surface area contributed by atoms with Crippen molar-refractivity contribution in [2.45, 2.75) is 39.3 Å². The summed E-state index contributed by atoms with van der Waals surface area (Å²) >= 11 is 6.19. The molecule has 0 aliphatic carbocycles. The van der Waals surface area contributed by atoms with Gasteiger partial charge in [-0.3, -0.25) is 0 Å². The molecule has 1 aliphatic heterocycles. The third kappa shape index (κ3) is 4.37. The zero-order chi connectivity index (χ0) is 14.8. The fraction of sp³-hybridized carbons (Fsp3) is 0.625. The fourth-order valence-corrected chi connectivity index (χ4v) is 2.72. The summed E-state index contributed by atoms with van der Waals surface area (Å²) < 4.78 is 5.74. The highest BCUT2D eigenvalue weighted by Crippen LogP contribution is 2.33. The minimum Gasteiger partial charge on any atom is -0.493 e. The molecule has 0 unspecified atom stereocenters. The average molecular weight is 297 g/mol. The van der Waals surface area contributed by atoms with E-state index in [2.05, 4.69) is 38.0 Å². The first-order chi connectivity index (χ1) is 9.35. The molecular weight excluding hydrogens is 272 g/mol. The number of rotatable bonds is 5. The van der Waals surface area contributed by atoms with Gasteiger partial charge in [-0.15, -0.1) is 0 Å². The Balaban J connectivity index is 1.93. The minimum absolute atomic E-state index is 0.168. The molecule has 2 rings (SSSR count). The van der Waals surface area contributed by atoms with Crippen molar-refractivity contribution in [2.24, 2.45) is 0 Å². The van der Waals surface area contributed by atoms with E-state index in [1.54, 1.807) is 0 Å². The van der Waals surface area contributed by atoms with E-state index in [1.807, 2.05) is 12.1 Å². The number of nitrogens with one attached hydrogen (secondary N) is 1. The molecule has 1 aliphatic rings. The van der Waals surface area contributed by atoms with E-state index in [4.69, 9.17) is 16.3 Å². The van der Waals surface area contributed by atoms with E-state index in [0.717, 1.165) is 43.4 Å². The van der Waals surface area contributed by atoms with Crippen LogP contribution in [0.4, 0.5) is 0 Å². The van der Waals surface area contributed by atoms with E-state index in [9.17, 15) is 0 Å². The molecular formula is C16H25ClN2O. The maximum atomic E-state index is 6.19. The minimum atomic E-state index is 0.168. The Labute approximate surface area is 127 Å². The number of halogens is 1. The number of fused-ring (bicyclic) bond motifs is 1. The molecule has 0 amide bonds. The SMILES string of the molecule is CN(CCNC(C)(C)C)Cc1cc(Cl)cc2c1OCC2. The largest absolute Gasteiger partial charge is 0.493 e. The van der Waals surface area contributed by atoms with Crippen molar-refractivity contribution >= 4 is 11.6 Å². The van der Waals surface area contributed by atoms with Gasteiger partial charge in [0.25, 0.3) is 0 Å². The second kappa shape index (κ2) is 6.33. The smallest absolute Gasteiger partial charge is 0.127 e. The van der Waals surface area contributed by atoms with Crippen LogP contribution in [0, 0.1) is 0 Å². The van der Waals surface area contributed by atoms with Gasteiger partial charge in [0.1, 0.15) is 5.75 Å². The average Bonchev–Trinajstić information content (AvgIpc) is 2.74. The van der Waals surface area contributed by atoms with Gasteiger partial charge in [0.15, 0.2) is 0 Å². The zero-order valence-electron chi connectivity index (χ0n) is 12.9. The van der Waals surface area contributed by atoms with Crippen molar-refractivity contribution < 1.29 is 4.74 Å². The number of nitrogens with zero attached hydrogens (tertiary/aromatic N) is 1. The van der Waals surface area contributed by atoms with Crippen LogP contribution in [0.3, 0.4) is 0 Å². The van der Waals surface area contributed by atoms with Crippen LogP contribution in [-0.2, 0) is 13.0 Å². The van der Waals surface area contributed by atoms with E-state index in [1.165, 1.54) is 11.1 Å². The number of hydrogen-bond acceptors (Lipinski definition) is 3. The second-order valence-electron chi connectivity index (χ2n) is 6.57. The van der Waals surface area contributed by atoms with Crippen molar-refractivity contribution in [2.75, 3.05) is 26.7 Å². The van der Waals surface area contributed by atoms with Gasteiger partial charge in [-0.1, -0.05) is 11.6 Å². The van der Waals surface area contributed by atoms with Gasteiger partial charge in [-0.05, 0) is 45.5 Å². The highest BCUT2D eigenvalue weighted by atomic mass is 35.5. The molecule has 3 nitrogen and oxygen atoms in total. The first-order valence-electron chi connectivity index (χ1n) is 7.23. The Kier molecular flexibility index (Phi) is 4.95. The lowest BCUT2D eigenvalue weighted by Crippen LogP contribution is -2.40. The molecule has 0 spiro atoms. The van der Waals surface area contributed by atoms with Crippen LogP contribution in [0.5, 0.6) is 5.75 Å². The standard InChI is InChI=1S/C16H25ClN2O/c1-16(2,3)18-6-7-19(4)11-13-10-14(17)9-12-5-8-20-15(12)13/h9-10,18H,5-8,11H2,1-4H3. The predicted octanol–water partition coefficient (Wildman–Crippen LogP) is 3.09. The quantitative estimate of drug-likeness (QED) is 0.904. The van der Waals surface area contributed by atoms with Crippen LogP contribution in [0.1, 0.15) is 31.9 Å². The molecule has 0 fully saturated rings. The Morgan fingerprint density at radius 3 is 2.80 bits per heavy atom. The van der Waals surface area contributed by atoms with Crippen molar-refractivity contribution in [3.63, 3.8) is 0 Å². The summed E-state index contributed by atoms with van der Waals surface area (Å²) in [6.45, 7) is 10.2. The van der Waals surface area contributed by atoms with Crippen molar-refractivity contribution in [1.82, 2.24) is 10.2 Å². The summed E-state index contributed by atoms with van der Waals surface area (Å²) in [4.78, 5) is 2.30. The van der Waals surface area contributed by atoms with E-state index in [-0.39, 0.29) is 5.54 Å². The lowest BCUT2D eigenvalue weighted by Gasteiger charge is -2.24. The van der Waals surface area contributed by atoms with Gasteiger partial charge in [-0.2, -0.15) is 0 Å². The summed E-state index contributed by atoms with van der Waals surface area (Å²) in [5.74, 6) is 1.05. The van der Waals surface area contributed by atoms with Gasteiger partial charge in [-0.25, -0.2) is 0 Å². The monoisotopic (exact) mass is 296 g/mol. The van der Waals surface area contributed by atoms with E-state index in [0.29, 0.717) is 0 Å². The number of ether oxygens (including phenoxy) is 1. The third-order valence-electron chi connectivity index (χ3n) is 3.41. The second-order valence-corrected chi connectivity index (χ2v) is 7.00. The van der Waals surface area contributed by atoms with Gasteiger partial charge in [0.2, 0.25) is 0 Å². The molecule has 4 heteroatoms. The first kappa shape index (κ1) is 15.6. The molecule has 1 N–H and O–H groups in total. The van der Waals surface area contributed by atoms with Gasteiger partial charge in [0, 0.05) is 42.2 Å². The molecule has 0 radical (unpaired) electrons. The van der Waals surface area contributed by atoms with Crippen LogP contribution in [-0.4, -0.2) is 37.2 Å². The van der Waals surface area contributed by atoms with Crippen LogP contribution in [0.2, 0.25) is 5.02 Å². The van der Waals surface area contributed by atoms with E-state index >= 15 is 0 Å². The molecule has 0 aromatic heterocycles.